The summed E-state index contributed by atoms with van der Waals surface area (Å²) < 4.78 is 31.0. The average Bonchev–Trinajstić information content (AvgIpc) is 3.27. The number of carbonyl (C=O) groups is 1. The van der Waals surface area contributed by atoms with E-state index in [1.807, 2.05) is 0 Å². The molecule has 0 aliphatic rings. The maximum Gasteiger partial charge on any atom is 0.251 e. The van der Waals surface area contributed by atoms with Gasteiger partial charge in [0.15, 0.2) is 5.65 Å². The molecule has 0 radical (unpaired) electrons. The fraction of sp³-hybridized carbons (Fsp3) is 0.150. The quantitative estimate of drug-likeness (QED) is 0.447. The molecule has 1 amide bonds. The number of nitrogens with two attached hydrogens (primary N) is 1. The van der Waals surface area contributed by atoms with Crippen molar-refractivity contribution in [3.05, 3.63) is 65.5 Å². The number of nitrogens with zero attached hydrogens (tertiary/aromatic N) is 3. The smallest absolute Gasteiger partial charge is 0.251 e. The zero-order valence-corrected chi connectivity index (χ0v) is 16.8. The van der Waals surface area contributed by atoms with Gasteiger partial charge in [0.25, 0.3) is 5.91 Å². The molecule has 4 rings (SSSR count). The van der Waals surface area contributed by atoms with Gasteiger partial charge in [-0.25, -0.2) is 18.3 Å². The van der Waals surface area contributed by atoms with Gasteiger partial charge in [0, 0.05) is 17.1 Å². The Labute approximate surface area is 173 Å². The molecule has 0 atom stereocenters. The number of rotatable bonds is 5. The van der Waals surface area contributed by atoms with Gasteiger partial charge in [-0.3, -0.25) is 4.79 Å². The third-order valence-electron chi connectivity index (χ3n) is 4.49. The van der Waals surface area contributed by atoms with E-state index in [0.29, 0.717) is 16.5 Å². The molecule has 3 aromatic heterocycles. The number of aliphatic hydroxyl groups is 1. The molecule has 0 aliphatic heterocycles. The predicted octanol–water partition coefficient (Wildman–Crippen LogP) is 3.81. The molecule has 30 heavy (non-hydrogen) atoms. The molecule has 0 fully saturated rings. The van der Waals surface area contributed by atoms with Crippen LogP contribution in [0.4, 0.5) is 19.6 Å². The first-order valence-electron chi connectivity index (χ1n) is 8.87. The van der Waals surface area contributed by atoms with Crippen LogP contribution in [0.1, 0.15) is 29.8 Å². The summed E-state index contributed by atoms with van der Waals surface area (Å²) in [5, 5.41) is 17.4. The molecular formula is C20H17F2N5O2S. The van der Waals surface area contributed by atoms with Gasteiger partial charge in [0.1, 0.15) is 22.5 Å². The van der Waals surface area contributed by atoms with Gasteiger partial charge in [-0.15, -0.1) is 11.3 Å². The highest BCUT2D eigenvalue weighted by Gasteiger charge is 2.24. The first-order valence-corrected chi connectivity index (χ1v) is 9.68. The van der Waals surface area contributed by atoms with Gasteiger partial charge in [-0.2, -0.15) is 5.10 Å². The molecule has 154 valence electrons. The Bertz CT molecular complexity index is 1250. The Balaban J connectivity index is 1.77. The topological polar surface area (TPSA) is 106 Å². The summed E-state index contributed by atoms with van der Waals surface area (Å²) in [7, 11) is 0. The van der Waals surface area contributed by atoms with Crippen molar-refractivity contribution in [1.29, 1.82) is 0 Å². The second-order valence-corrected chi connectivity index (χ2v) is 8.22. The van der Waals surface area contributed by atoms with Crippen LogP contribution in [0.3, 0.4) is 0 Å². The Hall–Kier alpha value is -3.37. The van der Waals surface area contributed by atoms with E-state index in [1.165, 1.54) is 19.9 Å². The molecule has 10 heteroatoms. The fourth-order valence-corrected chi connectivity index (χ4v) is 4.07. The van der Waals surface area contributed by atoms with Gasteiger partial charge in [-0.1, -0.05) is 0 Å². The highest BCUT2D eigenvalue weighted by Crippen LogP contribution is 2.40. The SMILES string of the molecule is CC(C)(O)c1cc(F)c(-c2cc(C(N)=O)c(Nc3ccn4nccc4n3)s2)c(F)c1. The Kier molecular flexibility index (Phi) is 4.75. The number of thiophene rings is 1. The van der Waals surface area contributed by atoms with Crippen molar-refractivity contribution in [2.45, 2.75) is 19.4 Å². The number of nitrogens with one attached hydrogen (secondary N) is 1. The van der Waals surface area contributed by atoms with Gasteiger partial charge in [0.05, 0.1) is 22.9 Å². The van der Waals surface area contributed by atoms with Crippen molar-refractivity contribution in [3.8, 4) is 10.4 Å². The number of primary amides is 1. The van der Waals surface area contributed by atoms with Crippen LogP contribution in [0.5, 0.6) is 0 Å². The third kappa shape index (κ3) is 3.62. The number of hydrogen-bond acceptors (Lipinski definition) is 6. The standard InChI is InChI=1S/C20H17F2N5O2S/c1-20(2,29)10-7-12(21)17(13(22)8-10)14-9-11(18(23)28)19(30-14)26-15-4-6-27-16(25-15)3-5-24-27/h3-9,29H,1-2H3,(H2,23,28)(H,25,26). The van der Waals surface area contributed by atoms with Gasteiger partial charge >= 0.3 is 0 Å². The molecule has 7 nitrogen and oxygen atoms in total. The van der Waals surface area contributed by atoms with Crippen molar-refractivity contribution in [1.82, 2.24) is 14.6 Å². The van der Waals surface area contributed by atoms with Crippen molar-refractivity contribution in [3.63, 3.8) is 0 Å². The monoisotopic (exact) mass is 429 g/mol. The van der Waals surface area contributed by atoms with E-state index in [4.69, 9.17) is 5.73 Å². The zero-order chi connectivity index (χ0) is 21.6. The van der Waals surface area contributed by atoms with E-state index in [1.54, 1.807) is 29.0 Å². The molecule has 4 aromatic rings. The number of aromatic nitrogens is 3. The summed E-state index contributed by atoms with van der Waals surface area (Å²) in [5.41, 5.74) is 4.52. The van der Waals surface area contributed by atoms with Gasteiger partial charge < -0.3 is 16.2 Å². The first kappa shape index (κ1) is 19.9. The maximum atomic E-state index is 14.7. The molecule has 3 heterocycles. The molecule has 0 aliphatic carbocycles. The van der Waals surface area contributed by atoms with Crippen molar-refractivity contribution < 1.29 is 18.7 Å². The van der Waals surface area contributed by atoms with Crippen LogP contribution >= 0.6 is 11.3 Å². The summed E-state index contributed by atoms with van der Waals surface area (Å²) in [4.78, 5) is 16.4. The van der Waals surface area contributed by atoms with Crippen LogP contribution in [0, 0.1) is 11.6 Å². The van der Waals surface area contributed by atoms with Crippen LogP contribution in [-0.2, 0) is 5.60 Å². The first-order chi connectivity index (χ1) is 14.1. The fourth-order valence-electron chi connectivity index (χ4n) is 2.95. The summed E-state index contributed by atoms with van der Waals surface area (Å²) in [5.74, 6) is -2.04. The summed E-state index contributed by atoms with van der Waals surface area (Å²) in [6.45, 7) is 2.87. The number of benzene rings is 1. The molecule has 0 bridgehead atoms. The molecule has 0 saturated heterocycles. The average molecular weight is 429 g/mol. The minimum absolute atomic E-state index is 0.0792. The lowest BCUT2D eigenvalue weighted by Gasteiger charge is -2.18. The number of fused-ring (bicyclic) bond motifs is 1. The van der Waals surface area contributed by atoms with E-state index >= 15 is 0 Å². The maximum absolute atomic E-state index is 14.7. The van der Waals surface area contributed by atoms with Gasteiger partial charge in [-0.05, 0) is 43.7 Å². The van der Waals surface area contributed by atoms with E-state index in [9.17, 15) is 18.7 Å². The molecule has 0 unspecified atom stereocenters. The number of carbonyl (C=O) groups excluding carboxylic acids is 1. The molecule has 0 saturated carbocycles. The van der Waals surface area contributed by atoms with Crippen LogP contribution in [-0.4, -0.2) is 25.6 Å². The number of hydrogen-bond donors (Lipinski definition) is 3. The van der Waals surface area contributed by atoms with Crippen LogP contribution in [0.15, 0.2) is 42.7 Å². The Morgan fingerprint density at radius 2 is 1.93 bits per heavy atom. The van der Waals surface area contributed by atoms with Crippen molar-refractivity contribution >= 4 is 33.7 Å². The lowest BCUT2D eigenvalue weighted by molar-refractivity contribution is 0.0778. The lowest BCUT2D eigenvalue weighted by atomic mass is 9.96. The molecule has 1 aromatic carbocycles. The van der Waals surface area contributed by atoms with E-state index in [-0.39, 0.29) is 21.6 Å². The predicted molar refractivity (Wildman–Crippen MR) is 110 cm³/mol. The highest BCUT2D eigenvalue weighted by molar-refractivity contribution is 7.20. The zero-order valence-electron chi connectivity index (χ0n) is 16.0. The Morgan fingerprint density at radius 3 is 2.57 bits per heavy atom. The van der Waals surface area contributed by atoms with Crippen molar-refractivity contribution in [2.24, 2.45) is 5.73 Å². The number of anilines is 2. The number of amides is 1. The minimum Gasteiger partial charge on any atom is -0.386 e. The molecular weight excluding hydrogens is 412 g/mol. The molecule has 4 N–H and O–H groups in total. The van der Waals surface area contributed by atoms with E-state index < -0.39 is 23.1 Å². The van der Waals surface area contributed by atoms with E-state index in [0.717, 1.165) is 23.5 Å². The summed E-state index contributed by atoms with van der Waals surface area (Å²) in [6, 6.07) is 6.82. The van der Waals surface area contributed by atoms with Crippen LogP contribution in [0.2, 0.25) is 0 Å². The second-order valence-electron chi connectivity index (χ2n) is 7.16. The second kappa shape index (κ2) is 7.15. The third-order valence-corrected chi connectivity index (χ3v) is 5.56. The summed E-state index contributed by atoms with van der Waals surface area (Å²) in [6.07, 6.45) is 3.27. The number of halogens is 2. The van der Waals surface area contributed by atoms with Crippen LogP contribution < -0.4 is 11.1 Å². The van der Waals surface area contributed by atoms with Gasteiger partial charge in [0.2, 0.25) is 0 Å². The minimum atomic E-state index is -1.40. The van der Waals surface area contributed by atoms with Crippen molar-refractivity contribution in [2.75, 3.05) is 5.32 Å². The largest absolute Gasteiger partial charge is 0.386 e. The van der Waals surface area contributed by atoms with Crippen LogP contribution in [0.25, 0.3) is 16.1 Å². The lowest BCUT2D eigenvalue weighted by Crippen LogP contribution is -2.16. The summed E-state index contributed by atoms with van der Waals surface area (Å²) >= 11 is 0.968. The van der Waals surface area contributed by atoms with E-state index in [2.05, 4.69) is 15.4 Å². The molecule has 0 spiro atoms. The normalized spacial score (nSPS) is 11.8. The Morgan fingerprint density at radius 1 is 1.23 bits per heavy atom. The highest BCUT2D eigenvalue weighted by atomic mass is 32.1.